The number of aliphatic imine (C=N–C) groups is 1. The number of aryl methyl sites for hydroxylation is 1. The van der Waals surface area contributed by atoms with Crippen molar-refractivity contribution in [1.29, 1.82) is 0 Å². The molecular weight excluding hydrogens is 454 g/mol. The predicted molar refractivity (Wildman–Crippen MR) is 118 cm³/mol. The third-order valence-corrected chi connectivity index (χ3v) is 6.23. The second-order valence-corrected chi connectivity index (χ2v) is 8.76. The lowest BCUT2D eigenvalue weighted by molar-refractivity contribution is 0.389. The van der Waals surface area contributed by atoms with Crippen LogP contribution in [0.3, 0.4) is 0 Å². The summed E-state index contributed by atoms with van der Waals surface area (Å²) >= 11 is 3.39. The average Bonchev–Trinajstić information content (AvgIpc) is 2.71. The van der Waals surface area contributed by atoms with Gasteiger partial charge < -0.3 is 8.92 Å². The Hall–Kier alpha value is -2.64. The predicted octanol–water partition coefficient (Wildman–Crippen LogP) is 5.59. The maximum absolute atomic E-state index is 12.6. The molecule has 3 rings (SSSR count). The highest BCUT2D eigenvalue weighted by Crippen LogP contribution is 2.38. The molecule has 150 valence electrons. The van der Waals surface area contributed by atoms with E-state index in [-0.39, 0.29) is 16.4 Å². The van der Waals surface area contributed by atoms with Gasteiger partial charge in [-0.15, -0.1) is 0 Å². The van der Waals surface area contributed by atoms with Gasteiger partial charge in [0, 0.05) is 6.21 Å². The molecule has 3 aromatic carbocycles. The molecule has 0 saturated heterocycles. The highest BCUT2D eigenvalue weighted by molar-refractivity contribution is 9.10. The lowest BCUT2D eigenvalue weighted by atomic mass is 10.1. The van der Waals surface area contributed by atoms with Crippen molar-refractivity contribution in [2.75, 3.05) is 7.11 Å². The Morgan fingerprint density at radius 1 is 1.00 bits per heavy atom. The van der Waals surface area contributed by atoms with Gasteiger partial charge in [0.1, 0.15) is 4.90 Å². The molecule has 0 atom stereocenters. The summed E-state index contributed by atoms with van der Waals surface area (Å²) in [6.45, 7) is 4.05. The summed E-state index contributed by atoms with van der Waals surface area (Å²) in [5.74, 6) is 0.363. The summed E-state index contributed by atoms with van der Waals surface area (Å²) in [7, 11) is -2.54. The minimum Gasteiger partial charge on any atom is -0.493 e. The number of ether oxygens (including phenoxy) is 1. The zero-order valence-corrected chi connectivity index (χ0v) is 18.6. The Labute approximate surface area is 179 Å². The number of benzene rings is 3. The van der Waals surface area contributed by atoms with E-state index in [1.165, 1.54) is 19.2 Å². The van der Waals surface area contributed by atoms with E-state index in [1.54, 1.807) is 36.5 Å². The maximum atomic E-state index is 12.6. The van der Waals surface area contributed by atoms with E-state index >= 15 is 0 Å². The zero-order chi connectivity index (χ0) is 21.0. The number of nitrogens with zero attached hydrogens (tertiary/aromatic N) is 1. The SMILES string of the molecule is COc1cc(C=Nc2cccc(C)c2C)cc(Br)c1OS(=O)(=O)c1ccccc1. The Kier molecular flexibility index (Phi) is 6.39. The van der Waals surface area contributed by atoms with E-state index in [1.807, 2.05) is 32.0 Å². The van der Waals surface area contributed by atoms with Gasteiger partial charge in [-0.05, 0) is 76.8 Å². The molecule has 0 N–H and O–H groups in total. The van der Waals surface area contributed by atoms with Crippen molar-refractivity contribution < 1.29 is 17.3 Å². The molecule has 0 bridgehead atoms. The lowest BCUT2D eigenvalue weighted by Crippen LogP contribution is -2.11. The van der Waals surface area contributed by atoms with Crippen LogP contribution in [0.2, 0.25) is 0 Å². The van der Waals surface area contributed by atoms with Gasteiger partial charge in [-0.1, -0.05) is 30.3 Å². The summed E-state index contributed by atoms with van der Waals surface area (Å²) in [5.41, 5.74) is 3.86. The minimum atomic E-state index is -3.99. The molecule has 0 heterocycles. The van der Waals surface area contributed by atoms with Gasteiger partial charge in [0.05, 0.1) is 17.3 Å². The molecule has 0 amide bonds. The normalized spacial score (nSPS) is 11.6. The molecule has 0 aromatic heterocycles. The van der Waals surface area contributed by atoms with Gasteiger partial charge in [-0.25, -0.2) is 0 Å². The fourth-order valence-corrected chi connectivity index (χ4v) is 4.29. The molecule has 5 nitrogen and oxygen atoms in total. The summed E-state index contributed by atoms with van der Waals surface area (Å²) in [6, 6.07) is 17.3. The van der Waals surface area contributed by atoms with Crippen LogP contribution in [-0.4, -0.2) is 21.7 Å². The summed E-state index contributed by atoms with van der Waals surface area (Å²) in [5, 5.41) is 0. The highest BCUT2D eigenvalue weighted by atomic mass is 79.9. The standard InChI is InChI=1S/C22H20BrNO4S/c1-15-8-7-11-20(16(15)2)24-14-17-12-19(23)22(21(13-17)27-3)28-29(25,26)18-9-5-4-6-10-18/h4-14H,1-3H3. The number of hydrogen-bond acceptors (Lipinski definition) is 5. The molecule has 0 aliphatic rings. The van der Waals surface area contributed by atoms with Crippen molar-refractivity contribution in [1.82, 2.24) is 0 Å². The van der Waals surface area contributed by atoms with E-state index in [0.29, 0.717) is 4.47 Å². The number of hydrogen-bond donors (Lipinski definition) is 0. The molecule has 7 heteroatoms. The molecular formula is C22H20BrNO4S. The van der Waals surface area contributed by atoms with E-state index in [2.05, 4.69) is 20.9 Å². The first-order valence-corrected chi connectivity index (χ1v) is 11.0. The van der Waals surface area contributed by atoms with E-state index in [4.69, 9.17) is 8.92 Å². The minimum absolute atomic E-state index is 0.0644. The van der Waals surface area contributed by atoms with Crippen molar-refractivity contribution in [3.05, 3.63) is 81.8 Å². The van der Waals surface area contributed by atoms with Gasteiger partial charge in [0.15, 0.2) is 11.5 Å². The fraction of sp³-hybridized carbons (Fsp3) is 0.136. The monoisotopic (exact) mass is 473 g/mol. The molecule has 0 spiro atoms. The van der Waals surface area contributed by atoms with Crippen molar-refractivity contribution in [3.8, 4) is 11.5 Å². The van der Waals surface area contributed by atoms with E-state index in [0.717, 1.165) is 22.4 Å². The average molecular weight is 474 g/mol. The molecule has 3 aromatic rings. The van der Waals surface area contributed by atoms with E-state index in [9.17, 15) is 8.42 Å². The van der Waals surface area contributed by atoms with Crippen molar-refractivity contribution in [2.24, 2.45) is 4.99 Å². The van der Waals surface area contributed by atoms with Gasteiger partial charge in [0.25, 0.3) is 0 Å². The highest BCUT2D eigenvalue weighted by Gasteiger charge is 2.21. The maximum Gasteiger partial charge on any atom is 0.339 e. The first-order valence-electron chi connectivity index (χ1n) is 8.79. The van der Waals surface area contributed by atoms with Crippen molar-refractivity contribution >= 4 is 38.0 Å². The molecule has 0 fully saturated rings. The smallest absolute Gasteiger partial charge is 0.339 e. The van der Waals surface area contributed by atoms with Crippen LogP contribution in [0.5, 0.6) is 11.5 Å². The number of methoxy groups -OCH3 is 1. The van der Waals surface area contributed by atoms with Gasteiger partial charge >= 0.3 is 10.1 Å². The molecule has 0 aliphatic heterocycles. The zero-order valence-electron chi connectivity index (χ0n) is 16.2. The Balaban J connectivity index is 1.94. The van der Waals surface area contributed by atoms with Gasteiger partial charge in [0.2, 0.25) is 0 Å². The van der Waals surface area contributed by atoms with Crippen LogP contribution in [0, 0.1) is 13.8 Å². The van der Waals surface area contributed by atoms with Gasteiger partial charge in [-0.2, -0.15) is 8.42 Å². The second kappa shape index (κ2) is 8.80. The second-order valence-electron chi connectivity index (χ2n) is 6.36. The number of halogens is 1. The van der Waals surface area contributed by atoms with Crippen LogP contribution in [0.4, 0.5) is 5.69 Å². The lowest BCUT2D eigenvalue weighted by Gasteiger charge is -2.13. The largest absolute Gasteiger partial charge is 0.493 e. The van der Waals surface area contributed by atoms with Crippen LogP contribution in [0.25, 0.3) is 0 Å². The third kappa shape index (κ3) is 4.86. The fourth-order valence-electron chi connectivity index (χ4n) is 2.66. The summed E-state index contributed by atoms with van der Waals surface area (Å²) < 4.78 is 36.3. The van der Waals surface area contributed by atoms with Crippen molar-refractivity contribution in [2.45, 2.75) is 18.7 Å². The van der Waals surface area contributed by atoms with Crippen LogP contribution < -0.4 is 8.92 Å². The van der Waals surface area contributed by atoms with Crippen molar-refractivity contribution in [3.63, 3.8) is 0 Å². The van der Waals surface area contributed by atoms with Crippen LogP contribution in [0.1, 0.15) is 16.7 Å². The van der Waals surface area contributed by atoms with Crippen LogP contribution in [-0.2, 0) is 10.1 Å². The van der Waals surface area contributed by atoms with Crippen LogP contribution in [0.15, 0.2) is 75.0 Å². The topological polar surface area (TPSA) is 65.0 Å². The molecule has 29 heavy (non-hydrogen) atoms. The molecule has 0 unspecified atom stereocenters. The molecule has 0 aliphatic carbocycles. The quantitative estimate of drug-likeness (QED) is 0.345. The molecule has 0 radical (unpaired) electrons. The summed E-state index contributed by atoms with van der Waals surface area (Å²) in [6.07, 6.45) is 1.70. The van der Waals surface area contributed by atoms with Crippen LogP contribution >= 0.6 is 15.9 Å². The first-order chi connectivity index (χ1) is 13.8. The van der Waals surface area contributed by atoms with Gasteiger partial charge in [-0.3, -0.25) is 4.99 Å². The third-order valence-electron chi connectivity index (χ3n) is 4.41. The van der Waals surface area contributed by atoms with E-state index < -0.39 is 10.1 Å². The summed E-state index contributed by atoms with van der Waals surface area (Å²) in [4.78, 5) is 4.61. The Morgan fingerprint density at radius 3 is 2.41 bits per heavy atom. The molecule has 0 saturated carbocycles. The Bertz CT molecular complexity index is 1160. The Morgan fingerprint density at radius 2 is 1.72 bits per heavy atom. The first kappa shape index (κ1) is 21.1. The number of rotatable bonds is 6.